The molecule has 1 aromatic rings. The van der Waals surface area contributed by atoms with Gasteiger partial charge in [-0.1, -0.05) is 0 Å². The highest BCUT2D eigenvalue weighted by Gasteiger charge is 2.31. The average molecular weight is 336 g/mol. The normalized spacial score (nSPS) is 19.2. The molecule has 0 saturated carbocycles. The first-order chi connectivity index (χ1) is 11.6. The maximum absolute atomic E-state index is 11.9. The smallest absolute Gasteiger partial charge is 0.320 e. The maximum Gasteiger partial charge on any atom is 0.320 e. The second-order valence-corrected chi connectivity index (χ2v) is 5.68. The first-order valence-electron chi connectivity index (χ1n) is 7.89. The Labute approximate surface area is 139 Å². The zero-order valence-corrected chi connectivity index (χ0v) is 13.2. The number of carbonyl (C=O) groups excluding carboxylic acids is 1. The Morgan fingerprint density at radius 1 is 1.33 bits per heavy atom. The first kappa shape index (κ1) is 16.4. The monoisotopic (exact) mass is 336 g/mol. The summed E-state index contributed by atoms with van der Waals surface area (Å²) in [4.78, 5) is 24.7. The lowest BCUT2D eigenvalue weighted by molar-refractivity contribution is -0.142. The van der Waals surface area contributed by atoms with E-state index in [4.69, 9.17) is 19.3 Å². The molecule has 8 heteroatoms. The lowest BCUT2D eigenvalue weighted by Crippen LogP contribution is -2.43. The van der Waals surface area contributed by atoms with E-state index >= 15 is 0 Å². The third kappa shape index (κ3) is 3.88. The third-order valence-electron chi connectivity index (χ3n) is 4.03. The summed E-state index contributed by atoms with van der Waals surface area (Å²) in [7, 11) is 0. The fourth-order valence-electron chi connectivity index (χ4n) is 2.86. The van der Waals surface area contributed by atoms with Crippen LogP contribution in [0.5, 0.6) is 17.2 Å². The van der Waals surface area contributed by atoms with E-state index in [1.54, 1.807) is 23.1 Å². The molecule has 1 amide bonds. The van der Waals surface area contributed by atoms with Crippen LogP contribution in [0.15, 0.2) is 18.2 Å². The number of aliphatic carboxylic acids is 1. The number of benzene rings is 1. The van der Waals surface area contributed by atoms with Gasteiger partial charge in [-0.25, -0.2) is 0 Å². The lowest BCUT2D eigenvalue weighted by Gasteiger charge is -2.20. The quantitative estimate of drug-likeness (QED) is 0.698. The molecule has 0 radical (unpaired) electrons. The number of ether oxygens (including phenoxy) is 3. The van der Waals surface area contributed by atoms with E-state index in [1.807, 2.05) is 0 Å². The molecule has 2 heterocycles. The standard InChI is InChI=1S/C16H20N2O6/c19-15(9-18-6-1-2-12(18)16(20)21)17-5-7-22-11-3-4-13-14(8-11)24-10-23-13/h3-4,8,12H,1-2,5-7,9-10H2,(H,17,19)(H,20,21). The molecule has 1 fully saturated rings. The lowest BCUT2D eigenvalue weighted by atomic mass is 10.2. The number of nitrogens with one attached hydrogen (secondary N) is 1. The minimum Gasteiger partial charge on any atom is -0.492 e. The summed E-state index contributed by atoms with van der Waals surface area (Å²) in [6.07, 6.45) is 1.40. The van der Waals surface area contributed by atoms with Crippen molar-refractivity contribution in [1.29, 1.82) is 0 Å². The average Bonchev–Trinajstić information content (AvgIpc) is 3.19. The number of hydrogen-bond acceptors (Lipinski definition) is 6. The molecule has 0 aliphatic carbocycles. The molecule has 1 saturated heterocycles. The molecule has 1 unspecified atom stereocenters. The van der Waals surface area contributed by atoms with Crippen LogP contribution in [0.25, 0.3) is 0 Å². The van der Waals surface area contributed by atoms with Crippen molar-refractivity contribution < 1.29 is 28.9 Å². The summed E-state index contributed by atoms with van der Waals surface area (Å²) < 4.78 is 16.0. The van der Waals surface area contributed by atoms with E-state index in [-0.39, 0.29) is 19.2 Å². The van der Waals surface area contributed by atoms with Crippen LogP contribution in [0.2, 0.25) is 0 Å². The zero-order valence-electron chi connectivity index (χ0n) is 13.2. The highest BCUT2D eigenvalue weighted by molar-refractivity contribution is 5.80. The van der Waals surface area contributed by atoms with Gasteiger partial charge in [-0.2, -0.15) is 0 Å². The molecular formula is C16H20N2O6. The van der Waals surface area contributed by atoms with Gasteiger partial charge in [0.1, 0.15) is 18.4 Å². The Kier molecular flexibility index (Phi) is 5.05. The highest BCUT2D eigenvalue weighted by atomic mass is 16.7. The van der Waals surface area contributed by atoms with Crippen LogP contribution < -0.4 is 19.5 Å². The highest BCUT2D eigenvalue weighted by Crippen LogP contribution is 2.34. The van der Waals surface area contributed by atoms with Gasteiger partial charge in [-0.05, 0) is 31.5 Å². The minimum atomic E-state index is -0.869. The van der Waals surface area contributed by atoms with E-state index in [0.29, 0.717) is 43.4 Å². The van der Waals surface area contributed by atoms with Gasteiger partial charge < -0.3 is 24.6 Å². The first-order valence-corrected chi connectivity index (χ1v) is 7.89. The summed E-state index contributed by atoms with van der Waals surface area (Å²) in [6, 6.07) is 4.74. The number of carbonyl (C=O) groups is 2. The van der Waals surface area contributed by atoms with E-state index in [0.717, 1.165) is 6.42 Å². The van der Waals surface area contributed by atoms with Gasteiger partial charge in [0.2, 0.25) is 12.7 Å². The van der Waals surface area contributed by atoms with Crippen molar-refractivity contribution in [2.75, 3.05) is 33.0 Å². The van der Waals surface area contributed by atoms with Crippen molar-refractivity contribution in [2.45, 2.75) is 18.9 Å². The summed E-state index contributed by atoms with van der Waals surface area (Å²) in [5.41, 5.74) is 0. The number of nitrogens with zero attached hydrogens (tertiary/aromatic N) is 1. The van der Waals surface area contributed by atoms with Gasteiger partial charge in [0.15, 0.2) is 11.5 Å². The summed E-state index contributed by atoms with van der Waals surface area (Å²) in [5, 5.41) is 11.8. The number of rotatable bonds is 7. The summed E-state index contributed by atoms with van der Waals surface area (Å²) >= 11 is 0. The van der Waals surface area contributed by atoms with E-state index < -0.39 is 12.0 Å². The Morgan fingerprint density at radius 3 is 3.00 bits per heavy atom. The molecule has 0 bridgehead atoms. The van der Waals surface area contributed by atoms with Gasteiger partial charge in [0, 0.05) is 6.07 Å². The zero-order chi connectivity index (χ0) is 16.9. The van der Waals surface area contributed by atoms with Crippen molar-refractivity contribution in [2.24, 2.45) is 0 Å². The van der Waals surface area contributed by atoms with Crippen LogP contribution in [0, 0.1) is 0 Å². The number of amides is 1. The second-order valence-electron chi connectivity index (χ2n) is 5.68. The number of carboxylic acids is 1. The number of fused-ring (bicyclic) bond motifs is 1. The fourth-order valence-corrected chi connectivity index (χ4v) is 2.86. The third-order valence-corrected chi connectivity index (χ3v) is 4.03. The van der Waals surface area contributed by atoms with Crippen molar-refractivity contribution in [3.8, 4) is 17.2 Å². The second kappa shape index (κ2) is 7.39. The van der Waals surface area contributed by atoms with Crippen LogP contribution in [-0.4, -0.2) is 61.0 Å². The van der Waals surface area contributed by atoms with Crippen molar-refractivity contribution in [3.05, 3.63) is 18.2 Å². The molecule has 0 spiro atoms. The Morgan fingerprint density at radius 2 is 2.17 bits per heavy atom. The molecule has 1 atom stereocenters. The predicted molar refractivity (Wildman–Crippen MR) is 83.3 cm³/mol. The maximum atomic E-state index is 11.9. The largest absolute Gasteiger partial charge is 0.492 e. The molecule has 24 heavy (non-hydrogen) atoms. The van der Waals surface area contributed by atoms with Gasteiger partial charge >= 0.3 is 5.97 Å². The molecule has 2 aliphatic rings. The van der Waals surface area contributed by atoms with Crippen molar-refractivity contribution in [1.82, 2.24) is 10.2 Å². The molecule has 2 aliphatic heterocycles. The Bertz CT molecular complexity index is 621. The molecule has 130 valence electrons. The molecule has 3 rings (SSSR count). The number of carboxylic acid groups (broad SMARTS) is 1. The van der Waals surface area contributed by atoms with Gasteiger partial charge in [-0.15, -0.1) is 0 Å². The van der Waals surface area contributed by atoms with E-state index in [9.17, 15) is 9.59 Å². The summed E-state index contributed by atoms with van der Waals surface area (Å²) in [6.45, 7) is 1.61. The topological polar surface area (TPSA) is 97.3 Å². The predicted octanol–water partition coefficient (Wildman–Crippen LogP) is 0.459. The van der Waals surface area contributed by atoms with Crippen LogP contribution in [-0.2, 0) is 9.59 Å². The Hall–Kier alpha value is -2.48. The molecular weight excluding hydrogens is 316 g/mol. The van der Waals surface area contributed by atoms with Gasteiger partial charge in [0.25, 0.3) is 0 Å². The number of hydrogen-bond donors (Lipinski definition) is 2. The number of likely N-dealkylation sites (tertiary alicyclic amines) is 1. The van der Waals surface area contributed by atoms with Crippen molar-refractivity contribution in [3.63, 3.8) is 0 Å². The fraction of sp³-hybridized carbons (Fsp3) is 0.500. The van der Waals surface area contributed by atoms with Crippen LogP contribution in [0.4, 0.5) is 0 Å². The van der Waals surface area contributed by atoms with Crippen LogP contribution >= 0.6 is 0 Å². The SMILES string of the molecule is O=C(CN1CCCC1C(=O)O)NCCOc1ccc2c(c1)OCO2. The van der Waals surface area contributed by atoms with Crippen molar-refractivity contribution >= 4 is 11.9 Å². The van der Waals surface area contributed by atoms with E-state index in [1.165, 1.54) is 0 Å². The van der Waals surface area contributed by atoms with E-state index in [2.05, 4.69) is 5.32 Å². The summed E-state index contributed by atoms with van der Waals surface area (Å²) in [5.74, 6) is 0.905. The Balaban J connectivity index is 1.37. The van der Waals surface area contributed by atoms with Gasteiger partial charge in [-0.3, -0.25) is 14.5 Å². The minimum absolute atomic E-state index is 0.0982. The molecule has 0 aromatic heterocycles. The molecule has 1 aromatic carbocycles. The molecule has 8 nitrogen and oxygen atoms in total. The van der Waals surface area contributed by atoms with Crippen LogP contribution in [0.3, 0.4) is 0 Å². The molecule has 2 N–H and O–H groups in total. The van der Waals surface area contributed by atoms with Gasteiger partial charge in [0.05, 0.1) is 13.1 Å². The van der Waals surface area contributed by atoms with Crippen LogP contribution in [0.1, 0.15) is 12.8 Å².